The smallest absolute Gasteiger partial charge is 0.337 e. The first-order valence-electron chi connectivity index (χ1n) is 7.63. The highest BCUT2D eigenvalue weighted by Crippen LogP contribution is 2.11. The number of esters is 1. The maximum Gasteiger partial charge on any atom is 0.337 e. The van der Waals surface area contributed by atoms with Crippen molar-refractivity contribution in [3.63, 3.8) is 0 Å². The van der Waals surface area contributed by atoms with Gasteiger partial charge in [-0.1, -0.05) is 13.3 Å². The van der Waals surface area contributed by atoms with Crippen molar-refractivity contribution in [3.05, 3.63) is 58.0 Å². The fourth-order valence-electron chi connectivity index (χ4n) is 2.04. The third-order valence-electron chi connectivity index (χ3n) is 3.39. The molecule has 0 aliphatic rings. The first-order valence-corrected chi connectivity index (χ1v) is 7.63. The highest BCUT2D eigenvalue weighted by molar-refractivity contribution is 6.03. The minimum atomic E-state index is -0.447. The van der Waals surface area contributed by atoms with Crippen LogP contribution in [-0.4, -0.2) is 28.8 Å². The molecule has 0 aliphatic carbocycles. The molecule has 7 heteroatoms. The maximum absolute atomic E-state index is 12.2. The van der Waals surface area contributed by atoms with E-state index in [0.29, 0.717) is 17.8 Å². The number of rotatable bonds is 6. The van der Waals surface area contributed by atoms with Gasteiger partial charge >= 0.3 is 5.97 Å². The lowest BCUT2D eigenvalue weighted by molar-refractivity contribution is 0.0600. The molecule has 2 rings (SSSR count). The summed E-state index contributed by atoms with van der Waals surface area (Å²) < 4.78 is 5.90. The van der Waals surface area contributed by atoms with E-state index in [9.17, 15) is 14.4 Å². The van der Waals surface area contributed by atoms with Crippen LogP contribution in [0.2, 0.25) is 0 Å². The molecule has 0 spiro atoms. The Kier molecular flexibility index (Phi) is 5.83. The lowest BCUT2D eigenvalue weighted by atomic mass is 10.2. The summed E-state index contributed by atoms with van der Waals surface area (Å²) in [5, 5.41) is 6.76. The van der Waals surface area contributed by atoms with Crippen LogP contribution in [-0.2, 0) is 11.3 Å². The zero-order valence-electron chi connectivity index (χ0n) is 13.6. The van der Waals surface area contributed by atoms with Crippen LogP contribution in [0, 0.1) is 0 Å². The summed E-state index contributed by atoms with van der Waals surface area (Å²) in [5.41, 5.74) is 0.827. The van der Waals surface area contributed by atoms with Crippen molar-refractivity contribution in [1.29, 1.82) is 0 Å². The van der Waals surface area contributed by atoms with E-state index >= 15 is 0 Å². The first-order chi connectivity index (χ1) is 11.5. The number of hydrogen-bond acceptors (Lipinski definition) is 5. The molecular weight excluding hydrogens is 310 g/mol. The molecule has 0 bridgehead atoms. The lowest BCUT2D eigenvalue weighted by Crippen LogP contribution is -2.26. The largest absolute Gasteiger partial charge is 0.465 e. The number of aromatic nitrogens is 2. The van der Waals surface area contributed by atoms with Gasteiger partial charge < -0.3 is 10.1 Å². The fraction of sp³-hybridized carbons (Fsp3) is 0.294. The first kappa shape index (κ1) is 17.4. The van der Waals surface area contributed by atoms with Gasteiger partial charge in [0.05, 0.1) is 12.7 Å². The molecule has 1 aromatic heterocycles. The summed E-state index contributed by atoms with van der Waals surface area (Å²) in [6.45, 7) is 2.49. The third-order valence-corrected chi connectivity index (χ3v) is 3.39. The number of amides is 1. The van der Waals surface area contributed by atoms with Crippen molar-refractivity contribution < 1.29 is 14.3 Å². The van der Waals surface area contributed by atoms with Crippen molar-refractivity contribution in [1.82, 2.24) is 9.78 Å². The monoisotopic (exact) mass is 329 g/mol. The SMILES string of the molecule is CCCCn1nc(C(=O)Nc2ccc(C(=O)OC)cc2)ccc1=O. The number of carbonyl (C=O) groups excluding carboxylic acids is 2. The molecule has 0 aliphatic heterocycles. The molecule has 1 N–H and O–H groups in total. The second kappa shape index (κ2) is 8.05. The van der Waals surface area contributed by atoms with Crippen molar-refractivity contribution >= 4 is 17.6 Å². The summed E-state index contributed by atoms with van der Waals surface area (Å²) in [6, 6.07) is 9.02. The molecule has 1 amide bonds. The van der Waals surface area contributed by atoms with E-state index in [-0.39, 0.29) is 11.3 Å². The summed E-state index contributed by atoms with van der Waals surface area (Å²) in [6.07, 6.45) is 1.74. The van der Waals surface area contributed by atoms with E-state index in [0.717, 1.165) is 12.8 Å². The van der Waals surface area contributed by atoms with Crippen LogP contribution in [0.1, 0.15) is 40.6 Å². The molecule has 0 saturated carbocycles. The Balaban J connectivity index is 2.12. The highest BCUT2D eigenvalue weighted by Gasteiger charge is 2.11. The molecule has 0 saturated heterocycles. The van der Waals surface area contributed by atoms with Gasteiger partial charge in [0.25, 0.3) is 11.5 Å². The minimum absolute atomic E-state index is 0.155. The second-order valence-corrected chi connectivity index (χ2v) is 5.16. The molecular formula is C17H19N3O4. The number of ether oxygens (including phenoxy) is 1. The summed E-state index contributed by atoms with van der Waals surface area (Å²) in [7, 11) is 1.30. The molecule has 1 aromatic carbocycles. The Bertz CT molecular complexity index is 781. The lowest BCUT2D eigenvalue weighted by Gasteiger charge is -2.08. The van der Waals surface area contributed by atoms with E-state index < -0.39 is 11.9 Å². The van der Waals surface area contributed by atoms with Crippen LogP contribution in [0.25, 0.3) is 0 Å². The van der Waals surface area contributed by atoms with Crippen molar-refractivity contribution in [3.8, 4) is 0 Å². The molecule has 1 heterocycles. The number of aryl methyl sites for hydroxylation is 1. The Morgan fingerprint density at radius 1 is 1.17 bits per heavy atom. The quantitative estimate of drug-likeness (QED) is 0.820. The number of anilines is 1. The van der Waals surface area contributed by atoms with E-state index in [1.54, 1.807) is 24.3 Å². The minimum Gasteiger partial charge on any atom is -0.465 e. The normalized spacial score (nSPS) is 10.2. The van der Waals surface area contributed by atoms with Crippen LogP contribution in [0.4, 0.5) is 5.69 Å². The molecule has 0 unspecified atom stereocenters. The summed E-state index contributed by atoms with van der Waals surface area (Å²) in [5.74, 6) is -0.872. The van der Waals surface area contributed by atoms with E-state index in [1.165, 1.54) is 23.9 Å². The van der Waals surface area contributed by atoms with Crippen LogP contribution in [0.15, 0.2) is 41.2 Å². The molecule has 126 valence electrons. The number of carbonyl (C=O) groups is 2. The molecule has 0 radical (unpaired) electrons. The van der Waals surface area contributed by atoms with Crippen molar-refractivity contribution in [2.45, 2.75) is 26.3 Å². The standard InChI is InChI=1S/C17H19N3O4/c1-3-4-11-20-15(21)10-9-14(19-20)16(22)18-13-7-5-12(6-8-13)17(23)24-2/h5-10H,3-4,11H2,1-2H3,(H,18,22). The predicted octanol–water partition coefficient (Wildman–Crippen LogP) is 2.08. The van der Waals surface area contributed by atoms with Gasteiger partial charge in [0.1, 0.15) is 5.69 Å². The molecule has 0 atom stereocenters. The van der Waals surface area contributed by atoms with Crippen LogP contribution in [0.3, 0.4) is 0 Å². The number of hydrogen-bond donors (Lipinski definition) is 1. The van der Waals surface area contributed by atoms with Gasteiger partial charge in [-0.05, 0) is 36.8 Å². The Hall–Kier alpha value is -2.96. The third kappa shape index (κ3) is 4.28. The van der Waals surface area contributed by atoms with Gasteiger partial charge in [0.15, 0.2) is 0 Å². The molecule has 24 heavy (non-hydrogen) atoms. The van der Waals surface area contributed by atoms with Crippen molar-refractivity contribution in [2.75, 3.05) is 12.4 Å². The summed E-state index contributed by atoms with van der Waals surface area (Å²) in [4.78, 5) is 35.3. The van der Waals surface area contributed by atoms with E-state index in [4.69, 9.17) is 0 Å². The number of nitrogens with zero attached hydrogens (tertiary/aromatic N) is 2. The Labute approximate surface area is 139 Å². The predicted molar refractivity (Wildman–Crippen MR) is 89.1 cm³/mol. The Morgan fingerprint density at radius 2 is 1.88 bits per heavy atom. The van der Waals surface area contributed by atoms with Crippen molar-refractivity contribution in [2.24, 2.45) is 0 Å². The zero-order chi connectivity index (χ0) is 17.5. The highest BCUT2D eigenvalue weighted by atomic mass is 16.5. The number of nitrogens with one attached hydrogen (secondary N) is 1. The van der Waals surface area contributed by atoms with Gasteiger partial charge in [-0.2, -0.15) is 5.10 Å². The van der Waals surface area contributed by atoms with Gasteiger partial charge in [-0.15, -0.1) is 0 Å². The number of benzene rings is 1. The van der Waals surface area contributed by atoms with Gasteiger partial charge in [-0.3, -0.25) is 9.59 Å². The number of unbranched alkanes of at least 4 members (excludes halogenated alkanes) is 1. The van der Waals surface area contributed by atoms with Crippen LogP contribution in [0.5, 0.6) is 0 Å². The summed E-state index contributed by atoms with van der Waals surface area (Å²) >= 11 is 0. The van der Waals surface area contributed by atoms with E-state index in [2.05, 4.69) is 15.2 Å². The average Bonchev–Trinajstić information content (AvgIpc) is 2.61. The maximum atomic E-state index is 12.2. The van der Waals surface area contributed by atoms with Gasteiger partial charge in [0, 0.05) is 18.3 Å². The van der Waals surface area contributed by atoms with Crippen LogP contribution >= 0.6 is 0 Å². The zero-order valence-corrected chi connectivity index (χ0v) is 13.6. The molecule has 0 fully saturated rings. The molecule has 7 nitrogen and oxygen atoms in total. The van der Waals surface area contributed by atoms with Gasteiger partial charge in [-0.25, -0.2) is 9.48 Å². The number of methoxy groups -OCH3 is 1. The topological polar surface area (TPSA) is 90.3 Å². The van der Waals surface area contributed by atoms with Crippen LogP contribution < -0.4 is 10.9 Å². The second-order valence-electron chi connectivity index (χ2n) is 5.16. The Morgan fingerprint density at radius 3 is 2.50 bits per heavy atom. The molecule has 2 aromatic rings. The van der Waals surface area contributed by atoms with E-state index in [1.807, 2.05) is 6.92 Å². The van der Waals surface area contributed by atoms with Gasteiger partial charge in [0.2, 0.25) is 0 Å². The fourth-order valence-corrected chi connectivity index (χ4v) is 2.04. The average molecular weight is 329 g/mol.